The number of ether oxygens (including phenoxy) is 3. The van der Waals surface area contributed by atoms with Gasteiger partial charge in [-0.2, -0.15) is 0 Å². The van der Waals surface area contributed by atoms with Gasteiger partial charge in [0.15, 0.2) is 6.23 Å². The van der Waals surface area contributed by atoms with Gasteiger partial charge in [0.05, 0.1) is 0 Å². The Kier molecular flexibility index (Phi) is 7.35. The van der Waals surface area contributed by atoms with Gasteiger partial charge in [-0.05, 0) is 12.5 Å². The van der Waals surface area contributed by atoms with E-state index in [-0.39, 0.29) is 12.4 Å². The SMILES string of the molecule is C[C@H](NC(=O)OCc1ccccc1)C(=O)OC[C@H]1O[C@@H](n2cnc(C(N)=O)n2)[C@H](O)[C@@H]1O. The first-order valence-corrected chi connectivity index (χ1v) is 9.62. The minimum atomic E-state index is -1.43. The van der Waals surface area contributed by atoms with E-state index in [0.29, 0.717) is 0 Å². The lowest BCUT2D eigenvalue weighted by Gasteiger charge is -2.17. The first-order valence-electron chi connectivity index (χ1n) is 9.62. The summed E-state index contributed by atoms with van der Waals surface area (Å²) >= 11 is 0. The molecule has 2 aromatic rings. The summed E-state index contributed by atoms with van der Waals surface area (Å²) in [5.74, 6) is -1.96. The molecule has 0 radical (unpaired) electrons. The largest absolute Gasteiger partial charge is 0.461 e. The number of hydrogen-bond acceptors (Lipinski definition) is 10. The van der Waals surface area contributed by atoms with Gasteiger partial charge < -0.3 is 35.5 Å². The highest BCUT2D eigenvalue weighted by Crippen LogP contribution is 2.29. The minimum absolute atomic E-state index is 0.0373. The van der Waals surface area contributed by atoms with Gasteiger partial charge in [-0.25, -0.2) is 19.3 Å². The van der Waals surface area contributed by atoms with E-state index in [1.165, 1.54) is 6.92 Å². The third-order valence-corrected chi connectivity index (χ3v) is 4.62. The maximum absolute atomic E-state index is 12.2. The van der Waals surface area contributed by atoms with Crippen molar-refractivity contribution < 1.29 is 38.8 Å². The molecule has 172 valence electrons. The lowest BCUT2D eigenvalue weighted by atomic mass is 10.1. The maximum Gasteiger partial charge on any atom is 0.408 e. The Balaban J connectivity index is 1.46. The number of aromatic nitrogens is 3. The number of primary amides is 1. The highest BCUT2D eigenvalue weighted by Gasteiger charge is 2.45. The molecule has 0 aliphatic carbocycles. The zero-order valence-electron chi connectivity index (χ0n) is 17.0. The van der Waals surface area contributed by atoms with Crippen molar-refractivity contribution in [1.29, 1.82) is 0 Å². The standard InChI is InChI=1S/C19H23N5O8/c1-10(22-19(29)31-7-11-5-3-2-4-6-11)18(28)30-8-12-13(25)14(26)17(32-12)24-9-21-16(23-24)15(20)27/h2-6,9-10,12-14,17,25-26H,7-8H2,1H3,(H2,20,27)(H,22,29)/t10-,12+,13+,14+,17+/m0/s1. The average Bonchev–Trinajstić information content (AvgIpc) is 3.37. The van der Waals surface area contributed by atoms with E-state index in [1.54, 1.807) is 24.3 Å². The molecule has 1 aromatic heterocycles. The molecule has 0 bridgehead atoms. The summed E-state index contributed by atoms with van der Waals surface area (Å²) in [6.45, 7) is 1.03. The van der Waals surface area contributed by atoms with Crippen LogP contribution >= 0.6 is 0 Å². The number of nitrogens with two attached hydrogens (primary N) is 1. The summed E-state index contributed by atoms with van der Waals surface area (Å²) in [7, 11) is 0. The highest BCUT2D eigenvalue weighted by molar-refractivity contribution is 5.88. The fraction of sp³-hybridized carbons (Fsp3) is 0.421. The Bertz CT molecular complexity index is 952. The summed E-state index contributed by atoms with van der Waals surface area (Å²) in [6, 6.07) is 7.97. The average molecular weight is 449 g/mol. The molecule has 3 rings (SSSR count). The third-order valence-electron chi connectivity index (χ3n) is 4.62. The molecule has 1 fully saturated rings. The first kappa shape index (κ1) is 23.1. The van der Waals surface area contributed by atoms with E-state index < -0.39 is 55.2 Å². The summed E-state index contributed by atoms with van der Waals surface area (Å²) in [4.78, 5) is 38.8. The number of amides is 2. The van der Waals surface area contributed by atoms with Crippen LogP contribution in [0.15, 0.2) is 36.7 Å². The van der Waals surface area contributed by atoms with Crippen molar-refractivity contribution in [3.8, 4) is 0 Å². The second-order valence-corrected chi connectivity index (χ2v) is 7.02. The molecule has 1 aromatic carbocycles. The van der Waals surface area contributed by atoms with E-state index in [1.807, 2.05) is 6.07 Å². The number of esters is 1. The number of carbonyl (C=O) groups excluding carboxylic acids is 3. The zero-order chi connectivity index (χ0) is 23.3. The number of aliphatic hydroxyl groups is 2. The summed E-state index contributed by atoms with van der Waals surface area (Å²) < 4.78 is 16.6. The van der Waals surface area contributed by atoms with Gasteiger partial charge in [-0.3, -0.25) is 4.79 Å². The molecule has 13 nitrogen and oxygen atoms in total. The van der Waals surface area contributed by atoms with Crippen LogP contribution in [0.25, 0.3) is 0 Å². The summed E-state index contributed by atoms with van der Waals surface area (Å²) in [5.41, 5.74) is 5.87. The third kappa shape index (κ3) is 5.57. The maximum atomic E-state index is 12.2. The van der Waals surface area contributed by atoms with E-state index in [0.717, 1.165) is 16.6 Å². The summed E-state index contributed by atoms with van der Waals surface area (Å²) in [6.07, 6.45) is -4.78. The number of benzene rings is 1. The molecule has 0 saturated carbocycles. The lowest BCUT2D eigenvalue weighted by Crippen LogP contribution is -2.41. The molecule has 5 atom stereocenters. The van der Waals surface area contributed by atoms with Crippen molar-refractivity contribution in [2.24, 2.45) is 5.73 Å². The Morgan fingerprint density at radius 2 is 1.94 bits per heavy atom. The molecule has 2 amide bonds. The van der Waals surface area contributed by atoms with Crippen LogP contribution in [0.3, 0.4) is 0 Å². The smallest absolute Gasteiger partial charge is 0.408 e. The number of carbonyl (C=O) groups is 3. The Morgan fingerprint density at radius 3 is 2.59 bits per heavy atom. The highest BCUT2D eigenvalue weighted by atomic mass is 16.6. The van der Waals surface area contributed by atoms with Crippen LogP contribution in [0.4, 0.5) is 4.79 Å². The lowest BCUT2D eigenvalue weighted by molar-refractivity contribution is -0.152. The molecule has 1 aliphatic rings. The minimum Gasteiger partial charge on any atom is -0.461 e. The van der Waals surface area contributed by atoms with Crippen LogP contribution in [0.2, 0.25) is 0 Å². The molecular weight excluding hydrogens is 426 g/mol. The van der Waals surface area contributed by atoms with Crippen LogP contribution in [0.5, 0.6) is 0 Å². The molecule has 2 heterocycles. The van der Waals surface area contributed by atoms with Crippen molar-refractivity contribution in [2.45, 2.75) is 44.1 Å². The van der Waals surface area contributed by atoms with Crippen LogP contribution in [0.1, 0.15) is 29.3 Å². The van der Waals surface area contributed by atoms with Gasteiger partial charge in [0.2, 0.25) is 5.82 Å². The number of rotatable bonds is 8. The van der Waals surface area contributed by atoms with Crippen LogP contribution < -0.4 is 11.1 Å². The van der Waals surface area contributed by atoms with Crippen molar-refractivity contribution in [3.05, 3.63) is 48.0 Å². The number of nitrogens with one attached hydrogen (secondary N) is 1. The Labute approximate surface area is 182 Å². The number of hydrogen-bond donors (Lipinski definition) is 4. The van der Waals surface area contributed by atoms with E-state index >= 15 is 0 Å². The monoisotopic (exact) mass is 449 g/mol. The fourth-order valence-corrected chi connectivity index (χ4v) is 2.89. The molecule has 1 saturated heterocycles. The van der Waals surface area contributed by atoms with Gasteiger partial charge >= 0.3 is 12.1 Å². The van der Waals surface area contributed by atoms with Gasteiger partial charge in [0, 0.05) is 0 Å². The molecule has 0 unspecified atom stereocenters. The van der Waals surface area contributed by atoms with E-state index in [4.69, 9.17) is 19.9 Å². The predicted molar refractivity (Wildman–Crippen MR) is 105 cm³/mol. The first-order chi connectivity index (χ1) is 15.3. The zero-order valence-corrected chi connectivity index (χ0v) is 17.0. The normalized spacial score (nSPS) is 23.3. The molecule has 1 aliphatic heterocycles. The second-order valence-electron chi connectivity index (χ2n) is 7.02. The Hall–Kier alpha value is -3.55. The van der Waals surface area contributed by atoms with E-state index in [9.17, 15) is 24.6 Å². The topological polar surface area (TPSA) is 188 Å². The fourth-order valence-electron chi connectivity index (χ4n) is 2.89. The second kappa shape index (κ2) is 10.2. The molecule has 0 spiro atoms. The van der Waals surface area contributed by atoms with Crippen molar-refractivity contribution in [2.75, 3.05) is 6.61 Å². The van der Waals surface area contributed by atoms with Crippen LogP contribution in [-0.4, -0.2) is 73.9 Å². The van der Waals surface area contributed by atoms with Crippen LogP contribution in [-0.2, 0) is 25.6 Å². The molecule has 5 N–H and O–H groups in total. The van der Waals surface area contributed by atoms with Gasteiger partial charge in [-0.15, -0.1) is 5.10 Å². The van der Waals surface area contributed by atoms with Crippen molar-refractivity contribution in [3.63, 3.8) is 0 Å². The number of alkyl carbamates (subject to hydrolysis) is 1. The van der Waals surface area contributed by atoms with Gasteiger partial charge in [0.1, 0.15) is 43.9 Å². The summed E-state index contributed by atoms with van der Waals surface area (Å²) in [5, 5.41) is 26.5. The Morgan fingerprint density at radius 1 is 1.22 bits per heavy atom. The van der Waals surface area contributed by atoms with E-state index in [2.05, 4.69) is 15.4 Å². The number of nitrogens with zero attached hydrogens (tertiary/aromatic N) is 3. The van der Waals surface area contributed by atoms with Crippen molar-refractivity contribution in [1.82, 2.24) is 20.1 Å². The molecule has 13 heteroatoms. The predicted octanol–water partition coefficient (Wildman–Crippen LogP) is -1.15. The molecular formula is C19H23N5O8. The van der Waals surface area contributed by atoms with Crippen molar-refractivity contribution >= 4 is 18.0 Å². The van der Waals surface area contributed by atoms with Crippen LogP contribution in [0, 0.1) is 0 Å². The van der Waals surface area contributed by atoms with Gasteiger partial charge in [-0.1, -0.05) is 30.3 Å². The van der Waals surface area contributed by atoms with Gasteiger partial charge in [0.25, 0.3) is 5.91 Å². The quantitative estimate of drug-likeness (QED) is 0.358. The number of aliphatic hydroxyl groups excluding tert-OH is 2. The molecule has 32 heavy (non-hydrogen) atoms.